The van der Waals surface area contributed by atoms with Crippen molar-refractivity contribution < 1.29 is 74.4 Å². The molecule has 0 aliphatic heterocycles. The molecule has 51 valence electrons. The monoisotopic (exact) mass is 266 g/mol. The molecule has 1 aromatic heterocycles. The molecule has 1 aromatic carbocycles. The molecular formula is C8H7CsNO. The molecular weight excluding hydrogens is 259 g/mol. The third-order valence-corrected chi connectivity index (χ3v) is 1.40. The SMILES string of the molecule is [Cs+].[OH-].[c]1cc2ccccc2[nH]1. The first-order chi connectivity index (χ1) is 4.47. The molecule has 0 aliphatic rings. The molecule has 0 amide bonds. The van der Waals surface area contributed by atoms with Gasteiger partial charge in [-0.25, -0.2) is 0 Å². The fraction of sp³-hybridized carbons (Fsp3) is 0. The van der Waals surface area contributed by atoms with Crippen molar-refractivity contribution in [1.29, 1.82) is 0 Å². The Hall–Kier alpha value is 0.772. The first-order valence-corrected chi connectivity index (χ1v) is 2.90. The average molecular weight is 266 g/mol. The smallest absolute Gasteiger partial charge is 0.870 e. The number of rotatable bonds is 0. The van der Waals surface area contributed by atoms with Crippen LogP contribution in [0.4, 0.5) is 0 Å². The number of aromatic amines is 1. The topological polar surface area (TPSA) is 45.8 Å². The summed E-state index contributed by atoms with van der Waals surface area (Å²) < 4.78 is 0. The molecule has 11 heavy (non-hydrogen) atoms. The first kappa shape index (κ1) is 11.8. The zero-order valence-corrected chi connectivity index (χ0v) is 12.6. The molecule has 0 saturated heterocycles. The maximum atomic E-state index is 2.99. The summed E-state index contributed by atoms with van der Waals surface area (Å²) >= 11 is 0. The van der Waals surface area contributed by atoms with Gasteiger partial charge in [0.05, 0.1) is 6.20 Å². The Labute approximate surface area is 124 Å². The molecule has 1 heterocycles. The summed E-state index contributed by atoms with van der Waals surface area (Å²) in [6.45, 7) is 0. The number of fused-ring (bicyclic) bond motifs is 1. The van der Waals surface area contributed by atoms with Crippen molar-refractivity contribution >= 4 is 10.9 Å². The van der Waals surface area contributed by atoms with Gasteiger partial charge < -0.3 is 10.5 Å². The standard InChI is InChI=1S/C8H6N.Cs.H2O/c1-2-4-8-7(3-1)5-6-9-8;;/h1-5,9H;;1H2/q;+1;/p-1. The number of aromatic nitrogens is 1. The number of hydrogen-bond donors (Lipinski definition) is 1. The third kappa shape index (κ3) is 2.62. The molecule has 3 heteroatoms. The van der Waals surface area contributed by atoms with Crippen LogP contribution in [0, 0.1) is 6.20 Å². The van der Waals surface area contributed by atoms with E-state index < -0.39 is 0 Å². The fourth-order valence-corrected chi connectivity index (χ4v) is 0.928. The minimum atomic E-state index is 0. The van der Waals surface area contributed by atoms with Crippen LogP contribution < -0.4 is 68.9 Å². The van der Waals surface area contributed by atoms with Crippen LogP contribution in [-0.2, 0) is 0 Å². The van der Waals surface area contributed by atoms with Crippen LogP contribution in [0.3, 0.4) is 0 Å². The van der Waals surface area contributed by atoms with Crippen molar-refractivity contribution in [2.45, 2.75) is 0 Å². The quantitative estimate of drug-likeness (QED) is 0.639. The molecule has 0 atom stereocenters. The van der Waals surface area contributed by atoms with E-state index in [0.29, 0.717) is 0 Å². The number of H-pyrrole nitrogens is 1. The Bertz CT molecular complexity index is 288. The van der Waals surface area contributed by atoms with Crippen molar-refractivity contribution in [1.82, 2.24) is 4.98 Å². The molecule has 2 nitrogen and oxygen atoms in total. The molecule has 0 fully saturated rings. The van der Waals surface area contributed by atoms with Gasteiger partial charge in [0.1, 0.15) is 0 Å². The van der Waals surface area contributed by atoms with E-state index >= 15 is 0 Å². The number of nitrogens with one attached hydrogen (secondary N) is 1. The minimum Gasteiger partial charge on any atom is -0.870 e. The van der Waals surface area contributed by atoms with Gasteiger partial charge in [0.15, 0.2) is 0 Å². The first-order valence-electron chi connectivity index (χ1n) is 2.90. The second-order valence-corrected chi connectivity index (χ2v) is 2.00. The van der Waals surface area contributed by atoms with Crippen molar-refractivity contribution in [3.05, 3.63) is 36.5 Å². The molecule has 2 N–H and O–H groups in total. The zero-order chi connectivity index (χ0) is 6.10. The Morgan fingerprint density at radius 1 is 1.18 bits per heavy atom. The van der Waals surface area contributed by atoms with Crippen molar-refractivity contribution in [3.63, 3.8) is 0 Å². The maximum Gasteiger partial charge on any atom is 1.00 e. The molecule has 2 aromatic rings. The van der Waals surface area contributed by atoms with E-state index in [1.807, 2.05) is 24.3 Å². The van der Waals surface area contributed by atoms with Crippen LogP contribution in [-0.4, -0.2) is 10.5 Å². The summed E-state index contributed by atoms with van der Waals surface area (Å²) in [5, 5.41) is 1.22. The van der Waals surface area contributed by atoms with Gasteiger partial charge >= 0.3 is 68.9 Å². The normalized spacial score (nSPS) is 8.36. The van der Waals surface area contributed by atoms with Gasteiger partial charge in [-0.3, -0.25) is 0 Å². The summed E-state index contributed by atoms with van der Waals surface area (Å²) in [5.41, 5.74) is 1.15. The van der Waals surface area contributed by atoms with E-state index in [0.717, 1.165) is 5.52 Å². The summed E-state index contributed by atoms with van der Waals surface area (Å²) in [5.74, 6) is 0. The second-order valence-electron chi connectivity index (χ2n) is 2.00. The van der Waals surface area contributed by atoms with Crippen LogP contribution in [0.1, 0.15) is 0 Å². The van der Waals surface area contributed by atoms with Gasteiger partial charge in [-0.15, -0.1) is 0 Å². The Balaban J connectivity index is 0.000000500. The van der Waals surface area contributed by atoms with Crippen LogP contribution in [0.15, 0.2) is 30.3 Å². The molecule has 0 bridgehead atoms. The molecule has 0 aliphatic carbocycles. The van der Waals surface area contributed by atoms with E-state index in [1.165, 1.54) is 5.39 Å². The number of hydrogen-bond acceptors (Lipinski definition) is 1. The van der Waals surface area contributed by atoms with Gasteiger partial charge in [-0.2, -0.15) is 0 Å². The van der Waals surface area contributed by atoms with E-state index in [-0.39, 0.29) is 74.4 Å². The summed E-state index contributed by atoms with van der Waals surface area (Å²) in [4.78, 5) is 2.99. The van der Waals surface area contributed by atoms with Gasteiger partial charge in [-0.05, 0) is 12.1 Å². The summed E-state index contributed by atoms with van der Waals surface area (Å²) in [6.07, 6.45) is 2.91. The van der Waals surface area contributed by atoms with Gasteiger partial charge in [-0.1, -0.05) is 18.2 Å². The van der Waals surface area contributed by atoms with Crippen molar-refractivity contribution in [2.75, 3.05) is 0 Å². The molecule has 0 saturated carbocycles. The van der Waals surface area contributed by atoms with E-state index in [2.05, 4.69) is 17.2 Å². The van der Waals surface area contributed by atoms with E-state index in [9.17, 15) is 0 Å². The van der Waals surface area contributed by atoms with Gasteiger partial charge in [0.2, 0.25) is 0 Å². The zero-order valence-electron chi connectivity index (χ0n) is 6.33. The predicted octanol–water partition coefficient (Wildman–Crippen LogP) is -1.20. The summed E-state index contributed by atoms with van der Waals surface area (Å²) in [7, 11) is 0. The maximum absolute atomic E-state index is 2.99. The van der Waals surface area contributed by atoms with Crippen molar-refractivity contribution in [2.24, 2.45) is 0 Å². The molecule has 2 rings (SSSR count). The van der Waals surface area contributed by atoms with Crippen LogP contribution in [0.2, 0.25) is 0 Å². The largest absolute Gasteiger partial charge is 1.00 e. The molecule has 1 radical (unpaired) electrons. The summed E-state index contributed by atoms with van der Waals surface area (Å²) in [6, 6.07) is 10.1. The van der Waals surface area contributed by atoms with E-state index in [1.54, 1.807) is 0 Å². The molecule has 0 unspecified atom stereocenters. The minimum absolute atomic E-state index is 0. The Morgan fingerprint density at radius 3 is 2.64 bits per heavy atom. The van der Waals surface area contributed by atoms with Gasteiger partial charge in [0, 0.05) is 10.9 Å². The molecule has 0 spiro atoms. The Morgan fingerprint density at radius 2 is 1.91 bits per heavy atom. The number of benzene rings is 1. The average Bonchev–Trinajstić information content (AvgIpc) is 2.33. The van der Waals surface area contributed by atoms with Crippen LogP contribution in [0.5, 0.6) is 0 Å². The van der Waals surface area contributed by atoms with Crippen LogP contribution in [0.25, 0.3) is 10.9 Å². The third-order valence-electron chi connectivity index (χ3n) is 1.40. The van der Waals surface area contributed by atoms with E-state index in [4.69, 9.17) is 0 Å². The second kappa shape index (κ2) is 5.42. The number of para-hydroxylation sites is 1. The van der Waals surface area contributed by atoms with Crippen LogP contribution >= 0.6 is 0 Å². The predicted molar refractivity (Wildman–Crippen MR) is 39.1 cm³/mol. The van der Waals surface area contributed by atoms with Gasteiger partial charge in [0.25, 0.3) is 0 Å². The van der Waals surface area contributed by atoms with Crippen molar-refractivity contribution in [3.8, 4) is 0 Å². The fourth-order valence-electron chi connectivity index (χ4n) is 0.928. The Kier molecular flexibility index (Phi) is 5.80.